The molecule has 0 spiro atoms. The van der Waals surface area contributed by atoms with Crippen LogP contribution in [0.25, 0.3) is 0 Å². The van der Waals surface area contributed by atoms with E-state index in [1.54, 1.807) is 12.4 Å². The van der Waals surface area contributed by atoms with Crippen LogP contribution in [0.5, 0.6) is 0 Å². The Morgan fingerprint density at radius 2 is 2.50 bits per heavy atom. The third-order valence-electron chi connectivity index (χ3n) is 0.999. The molecule has 0 saturated heterocycles. The van der Waals surface area contributed by atoms with Crippen LogP contribution in [0, 0.1) is 0 Å². The third kappa shape index (κ3) is 1.77. The van der Waals surface area contributed by atoms with Crippen molar-refractivity contribution in [2.75, 3.05) is 0 Å². The van der Waals surface area contributed by atoms with E-state index in [1.165, 1.54) is 0 Å². The first-order chi connectivity index (χ1) is 4.79. The molecule has 1 aromatic heterocycles. The lowest BCUT2D eigenvalue weighted by molar-refractivity contribution is 1.06. The van der Waals surface area contributed by atoms with Gasteiger partial charge in [0.1, 0.15) is 0 Å². The third-order valence-corrected chi connectivity index (χ3v) is 0.999. The number of nitrogens with zero attached hydrogens (tertiary/aromatic N) is 2. The molecule has 1 heterocycles. The van der Waals surface area contributed by atoms with Crippen molar-refractivity contribution in [2.24, 2.45) is 16.5 Å². The average Bonchev–Trinajstić information content (AvgIpc) is 2.34. The fourth-order valence-electron chi connectivity index (χ4n) is 0.547. The maximum Gasteiger partial charge on any atom is 0.186 e. The van der Waals surface area contributed by atoms with Gasteiger partial charge in [0.25, 0.3) is 0 Å². The molecule has 0 atom stereocenters. The molecule has 0 aliphatic rings. The number of nitrogens with two attached hydrogens (primary N) is 2. The first-order valence-corrected chi connectivity index (χ1v) is 2.82. The molecule has 1 rings (SSSR count). The molecular weight excluding hydrogens is 130 g/mol. The minimum absolute atomic E-state index is 0.0983. The molecule has 54 valence electrons. The molecule has 0 aliphatic carbocycles. The normalized spacial score (nSPS) is 9.20. The lowest BCUT2D eigenvalue weighted by Crippen LogP contribution is -2.22. The number of nitrogens with one attached hydrogen (secondary N) is 1. The second-order valence-electron chi connectivity index (χ2n) is 1.85. The van der Waals surface area contributed by atoms with Crippen molar-refractivity contribution < 1.29 is 0 Å². The van der Waals surface area contributed by atoms with Crippen LogP contribution in [0.3, 0.4) is 0 Å². The van der Waals surface area contributed by atoms with Gasteiger partial charge in [-0.15, -0.1) is 0 Å². The Hall–Kier alpha value is -1.52. The Kier molecular flexibility index (Phi) is 1.89. The van der Waals surface area contributed by atoms with E-state index in [2.05, 4.69) is 15.2 Å². The lowest BCUT2D eigenvalue weighted by atomic mass is 10.4. The summed E-state index contributed by atoms with van der Waals surface area (Å²) in [5, 5.41) is 6.38. The number of aromatic amines is 1. The molecule has 0 radical (unpaired) electrons. The van der Waals surface area contributed by atoms with Crippen LogP contribution >= 0.6 is 0 Å². The first kappa shape index (κ1) is 6.60. The summed E-state index contributed by atoms with van der Waals surface area (Å²) in [6.07, 6.45) is 3.42. The molecule has 1 aromatic rings. The predicted molar refractivity (Wildman–Crippen MR) is 38.1 cm³/mol. The predicted octanol–water partition coefficient (Wildman–Crippen LogP) is -0.817. The van der Waals surface area contributed by atoms with Gasteiger partial charge in [0.15, 0.2) is 5.96 Å². The maximum atomic E-state index is 5.11. The minimum atomic E-state index is 0.0983. The largest absolute Gasteiger partial charge is 0.370 e. The van der Waals surface area contributed by atoms with Gasteiger partial charge in [-0.05, 0) is 0 Å². The van der Waals surface area contributed by atoms with Crippen molar-refractivity contribution in [3.8, 4) is 0 Å². The quantitative estimate of drug-likeness (QED) is 0.369. The highest BCUT2D eigenvalue weighted by Crippen LogP contribution is 1.94. The standard InChI is InChI=1S/C5H9N5/c6-5(7)8-1-4-2-9-10-3-4/h2-3H,1H2,(H,9,10)(H4,6,7,8). The van der Waals surface area contributed by atoms with Crippen molar-refractivity contribution in [1.29, 1.82) is 0 Å². The van der Waals surface area contributed by atoms with E-state index in [0.29, 0.717) is 6.54 Å². The Balaban J connectivity index is 2.49. The number of H-pyrrole nitrogens is 1. The van der Waals surface area contributed by atoms with E-state index >= 15 is 0 Å². The molecule has 0 unspecified atom stereocenters. The minimum Gasteiger partial charge on any atom is -0.370 e. The highest BCUT2D eigenvalue weighted by molar-refractivity contribution is 5.75. The number of guanidine groups is 1. The van der Waals surface area contributed by atoms with Gasteiger partial charge in [-0.3, -0.25) is 5.10 Å². The number of hydrogen-bond donors (Lipinski definition) is 3. The molecule has 10 heavy (non-hydrogen) atoms. The van der Waals surface area contributed by atoms with Crippen LogP contribution in [-0.2, 0) is 6.54 Å². The van der Waals surface area contributed by atoms with Crippen molar-refractivity contribution in [3.63, 3.8) is 0 Å². The van der Waals surface area contributed by atoms with Gasteiger partial charge >= 0.3 is 0 Å². The van der Waals surface area contributed by atoms with Crippen LogP contribution < -0.4 is 11.5 Å². The van der Waals surface area contributed by atoms with Gasteiger partial charge in [-0.2, -0.15) is 5.10 Å². The molecule has 0 bridgehead atoms. The Morgan fingerprint density at radius 1 is 1.70 bits per heavy atom. The molecule has 0 saturated carbocycles. The summed E-state index contributed by atoms with van der Waals surface area (Å²) in [5.74, 6) is 0.0983. The van der Waals surface area contributed by atoms with Crippen molar-refractivity contribution in [3.05, 3.63) is 18.0 Å². The zero-order valence-corrected chi connectivity index (χ0v) is 5.41. The Morgan fingerprint density at radius 3 is 3.00 bits per heavy atom. The maximum absolute atomic E-state index is 5.11. The van der Waals surface area contributed by atoms with Gasteiger partial charge < -0.3 is 11.5 Å². The summed E-state index contributed by atoms with van der Waals surface area (Å²) in [6, 6.07) is 0. The summed E-state index contributed by atoms with van der Waals surface area (Å²) < 4.78 is 0. The topological polar surface area (TPSA) is 93.1 Å². The SMILES string of the molecule is NC(N)=NCc1cn[nH]c1. The molecule has 0 aliphatic heterocycles. The highest BCUT2D eigenvalue weighted by Gasteiger charge is 1.89. The molecule has 5 N–H and O–H groups in total. The van der Waals surface area contributed by atoms with Crippen molar-refractivity contribution in [1.82, 2.24) is 10.2 Å². The van der Waals surface area contributed by atoms with Crippen LogP contribution in [0.2, 0.25) is 0 Å². The fraction of sp³-hybridized carbons (Fsp3) is 0.200. The van der Waals surface area contributed by atoms with Gasteiger partial charge in [0.05, 0.1) is 12.7 Å². The number of aliphatic imine (C=N–C) groups is 1. The second-order valence-corrected chi connectivity index (χ2v) is 1.85. The van der Waals surface area contributed by atoms with Crippen molar-refractivity contribution >= 4 is 5.96 Å². The van der Waals surface area contributed by atoms with Crippen LogP contribution in [-0.4, -0.2) is 16.2 Å². The van der Waals surface area contributed by atoms with Crippen LogP contribution in [0.1, 0.15) is 5.56 Å². The summed E-state index contributed by atoms with van der Waals surface area (Å²) in [4.78, 5) is 3.78. The molecule has 0 fully saturated rings. The monoisotopic (exact) mass is 139 g/mol. The summed E-state index contributed by atoms with van der Waals surface area (Å²) in [7, 11) is 0. The van der Waals surface area contributed by atoms with Crippen LogP contribution in [0.4, 0.5) is 0 Å². The fourth-order valence-corrected chi connectivity index (χ4v) is 0.547. The number of rotatable bonds is 2. The smallest absolute Gasteiger partial charge is 0.186 e. The van der Waals surface area contributed by atoms with Gasteiger partial charge in [0, 0.05) is 11.8 Å². The lowest BCUT2D eigenvalue weighted by Gasteiger charge is -1.88. The first-order valence-electron chi connectivity index (χ1n) is 2.82. The van der Waals surface area contributed by atoms with Crippen LogP contribution in [0.15, 0.2) is 17.4 Å². The zero-order chi connectivity index (χ0) is 7.40. The molecule has 0 amide bonds. The number of aromatic nitrogens is 2. The van der Waals surface area contributed by atoms with E-state index in [-0.39, 0.29) is 5.96 Å². The molecule has 5 nitrogen and oxygen atoms in total. The average molecular weight is 139 g/mol. The van der Waals surface area contributed by atoms with E-state index < -0.39 is 0 Å². The molecular formula is C5H9N5. The summed E-state index contributed by atoms with van der Waals surface area (Å²) in [6.45, 7) is 0.485. The van der Waals surface area contributed by atoms with Crippen molar-refractivity contribution in [2.45, 2.75) is 6.54 Å². The number of hydrogen-bond acceptors (Lipinski definition) is 2. The van der Waals surface area contributed by atoms with E-state index in [0.717, 1.165) is 5.56 Å². The summed E-state index contributed by atoms with van der Waals surface area (Å²) in [5.41, 5.74) is 11.2. The Bertz CT molecular complexity index is 208. The Labute approximate surface area is 58.1 Å². The van der Waals surface area contributed by atoms with Gasteiger partial charge in [-0.1, -0.05) is 0 Å². The highest BCUT2D eigenvalue weighted by atomic mass is 15.1. The van der Waals surface area contributed by atoms with E-state index in [1.807, 2.05) is 0 Å². The zero-order valence-electron chi connectivity index (χ0n) is 5.41. The van der Waals surface area contributed by atoms with E-state index in [4.69, 9.17) is 11.5 Å². The summed E-state index contributed by atoms with van der Waals surface area (Å²) >= 11 is 0. The molecule has 0 aromatic carbocycles. The van der Waals surface area contributed by atoms with Gasteiger partial charge in [-0.25, -0.2) is 4.99 Å². The second kappa shape index (κ2) is 2.86. The molecule has 5 heteroatoms. The van der Waals surface area contributed by atoms with E-state index in [9.17, 15) is 0 Å². The van der Waals surface area contributed by atoms with Gasteiger partial charge in [0.2, 0.25) is 0 Å².